The maximum Gasteiger partial charge on any atom is 0.231 e. The maximum absolute atomic E-state index is 13.0. The average molecular weight is 312 g/mol. The van der Waals surface area contributed by atoms with Crippen LogP contribution in [0.15, 0.2) is 30.3 Å². The minimum atomic E-state index is -0.276. The van der Waals surface area contributed by atoms with Crippen molar-refractivity contribution in [3.05, 3.63) is 35.9 Å². The van der Waals surface area contributed by atoms with Crippen LogP contribution in [0.2, 0.25) is 0 Å². The smallest absolute Gasteiger partial charge is 0.231 e. The summed E-state index contributed by atoms with van der Waals surface area (Å²) in [6.45, 7) is 3.95. The Bertz CT molecular complexity index is 616. The Balaban J connectivity index is 1.60. The lowest BCUT2D eigenvalue weighted by Crippen LogP contribution is -2.66. The molecular weight excluding hydrogens is 288 g/mol. The third-order valence-electron chi connectivity index (χ3n) is 5.89. The van der Waals surface area contributed by atoms with Gasteiger partial charge in [0.25, 0.3) is 0 Å². The predicted octanol–water partition coefficient (Wildman–Crippen LogP) is 2.61. The zero-order valence-corrected chi connectivity index (χ0v) is 13.7. The van der Waals surface area contributed by atoms with Gasteiger partial charge in [-0.3, -0.25) is 9.59 Å². The molecule has 0 unspecified atom stereocenters. The molecule has 4 heteroatoms. The average Bonchev–Trinajstić information content (AvgIpc) is 3.39. The summed E-state index contributed by atoms with van der Waals surface area (Å²) < 4.78 is 0. The van der Waals surface area contributed by atoms with Crippen LogP contribution in [0.3, 0.4) is 0 Å². The van der Waals surface area contributed by atoms with Crippen molar-refractivity contribution in [2.75, 3.05) is 19.6 Å². The van der Waals surface area contributed by atoms with E-state index in [0.717, 1.165) is 19.4 Å². The first-order valence-corrected chi connectivity index (χ1v) is 8.73. The first-order valence-electron chi connectivity index (χ1n) is 8.73. The quantitative estimate of drug-likeness (QED) is 0.805. The number of carbonyl (C=O) groups excluding carboxylic acids is 2. The van der Waals surface area contributed by atoms with Crippen molar-refractivity contribution in [2.45, 2.75) is 38.6 Å². The van der Waals surface area contributed by atoms with Gasteiger partial charge in [-0.1, -0.05) is 30.3 Å². The van der Waals surface area contributed by atoms with E-state index in [1.807, 2.05) is 11.0 Å². The van der Waals surface area contributed by atoms with Crippen molar-refractivity contribution in [3.63, 3.8) is 0 Å². The lowest BCUT2D eigenvalue weighted by molar-refractivity contribution is -0.182. The number of amides is 2. The summed E-state index contributed by atoms with van der Waals surface area (Å²) in [5.74, 6) is 1.15. The second kappa shape index (κ2) is 5.36. The molecule has 1 aromatic carbocycles. The monoisotopic (exact) mass is 312 g/mol. The number of hydrogen-bond acceptors (Lipinski definition) is 2. The zero-order chi connectivity index (χ0) is 16.0. The van der Waals surface area contributed by atoms with E-state index in [0.29, 0.717) is 24.9 Å². The fourth-order valence-corrected chi connectivity index (χ4v) is 4.36. The van der Waals surface area contributed by atoms with Crippen LogP contribution in [-0.2, 0) is 9.59 Å². The molecule has 2 heterocycles. The molecular formula is C19H24N2O2. The lowest BCUT2D eigenvalue weighted by Gasteiger charge is -2.59. The summed E-state index contributed by atoms with van der Waals surface area (Å²) in [7, 11) is 0. The molecule has 4 nitrogen and oxygen atoms in total. The number of hydrogen-bond donors (Lipinski definition) is 0. The highest BCUT2D eigenvalue weighted by molar-refractivity contribution is 5.91. The van der Waals surface area contributed by atoms with Gasteiger partial charge in [-0.15, -0.1) is 0 Å². The van der Waals surface area contributed by atoms with E-state index in [2.05, 4.69) is 29.2 Å². The molecule has 1 spiro atoms. The molecule has 0 radical (unpaired) electrons. The normalized spacial score (nSPS) is 26.3. The number of likely N-dealkylation sites (tertiary alicyclic amines) is 2. The minimum Gasteiger partial charge on any atom is -0.343 e. The van der Waals surface area contributed by atoms with E-state index in [4.69, 9.17) is 0 Å². The Morgan fingerprint density at radius 2 is 1.83 bits per heavy atom. The van der Waals surface area contributed by atoms with Crippen LogP contribution in [0.5, 0.6) is 0 Å². The van der Waals surface area contributed by atoms with E-state index in [1.54, 1.807) is 6.92 Å². The van der Waals surface area contributed by atoms with E-state index in [1.165, 1.54) is 18.4 Å². The number of nitrogens with zero attached hydrogens (tertiary/aromatic N) is 2. The van der Waals surface area contributed by atoms with Crippen LogP contribution in [0.4, 0.5) is 0 Å². The summed E-state index contributed by atoms with van der Waals surface area (Å²) in [6.07, 6.45) is 4.12. The van der Waals surface area contributed by atoms with Crippen molar-refractivity contribution >= 4 is 11.8 Å². The van der Waals surface area contributed by atoms with Crippen molar-refractivity contribution in [1.29, 1.82) is 0 Å². The second-order valence-corrected chi connectivity index (χ2v) is 7.38. The number of piperidine rings is 1. The van der Waals surface area contributed by atoms with E-state index < -0.39 is 0 Å². The molecule has 1 aromatic rings. The van der Waals surface area contributed by atoms with Gasteiger partial charge in [0.2, 0.25) is 11.8 Å². The first-order chi connectivity index (χ1) is 11.1. The van der Waals surface area contributed by atoms with Gasteiger partial charge in [0.1, 0.15) is 0 Å². The Morgan fingerprint density at radius 1 is 1.17 bits per heavy atom. The number of rotatable bonds is 3. The van der Waals surface area contributed by atoms with E-state index in [9.17, 15) is 9.59 Å². The molecule has 2 amide bonds. The van der Waals surface area contributed by atoms with Crippen molar-refractivity contribution in [2.24, 2.45) is 11.3 Å². The Morgan fingerprint density at radius 3 is 2.39 bits per heavy atom. The van der Waals surface area contributed by atoms with Gasteiger partial charge < -0.3 is 9.80 Å². The van der Waals surface area contributed by atoms with Gasteiger partial charge in [0.05, 0.1) is 11.5 Å². The summed E-state index contributed by atoms with van der Waals surface area (Å²) in [5, 5.41) is 0. The van der Waals surface area contributed by atoms with Gasteiger partial charge in [-0.05, 0) is 37.2 Å². The number of β-lactam (4-membered cyclic amide) rings is 1. The molecule has 0 aromatic heterocycles. The van der Waals surface area contributed by atoms with Crippen LogP contribution in [-0.4, -0.2) is 41.2 Å². The van der Waals surface area contributed by atoms with Crippen LogP contribution >= 0.6 is 0 Å². The van der Waals surface area contributed by atoms with Gasteiger partial charge in [-0.25, -0.2) is 0 Å². The number of benzene rings is 1. The predicted molar refractivity (Wildman–Crippen MR) is 87.5 cm³/mol. The summed E-state index contributed by atoms with van der Waals surface area (Å²) in [6, 6.07) is 10.6. The Kier molecular flexibility index (Phi) is 3.43. The highest BCUT2D eigenvalue weighted by atomic mass is 16.2. The van der Waals surface area contributed by atoms with Crippen LogP contribution in [0.1, 0.15) is 44.2 Å². The van der Waals surface area contributed by atoms with Gasteiger partial charge in [0.15, 0.2) is 0 Å². The third-order valence-corrected chi connectivity index (χ3v) is 5.89. The van der Waals surface area contributed by atoms with Crippen molar-refractivity contribution < 1.29 is 9.59 Å². The SMILES string of the molecule is CC(=O)N1CCC2(CC1)C(=O)N(CC1CC1)[C@H]2c1ccccc1. The second-order valence-electron chi connectivity index (χ2n) is 7.38. The Hall–Kier alpha value is -1.84. The van der Waals surface area contributed by atoms with E-state index in [-0.39, 0.29) is 17.4 Å². The van der Waals surface area contributed by atoms with Crippen molar-refractivity contribution in [3.8, 4) is 0 Å². The van der Waals surface area contributed by atoms with Crippen molar-refractivity contribution in [1.82, 2.24) is 9.80 Å². The van der Waals surface area contributed by atoms with Gasteiger partial charge in [0, 0.05) is 26.6 Å². The third kappa shape index (κ3) is 2.35. The molecule has 1 atom stereocenters. The fraction of sp³-hybridized carbons (Fsp3) is 0.579. The van der Waals surface area contributed by atoms with Crippen LogP contribution in [0.25, 0.3) is 0 Å². The molecule has 1 saturated carbocycles. The molecule has 2 aliphatic heterocycles. The van der Waals surface area contributed by atoms with Crippen LogP contribution < -0.4 is 0 Å². The first kappa shape index (κ1) is 14.7. The molecule has 23 heavy (non-hydrogen) atoms. The van der Waals surface area contributed by atoms with Gasteiger partial charge >= 0.3 is 0 Å². The molecule has 3 aliphatic rings. The topological polar surface area (TPSA) is 40.6 Å². The van der Waals surface area contributed by atoms with Gasteiger partial charge in [-0.2, -0.15) is 0 Å². The summed E-state index contributed by atoms with van der Waals surface area (Å²) in [4.78, 5) is 28.6. The highest BCUT2D eigenvalue weighted by Gasteiger charge is 2.61. The molecule has 3 fully saturated rings. The molecule has 4 rings (SSSR count). The fourth-order valence-electron chi connectivity index (χ4n) is 4.36. The molecule has 2 saturated heterocycles. The number of carbonyl (C=O) groups is 2. The highest BCUT2D eigenvalue weighted by Crippen LogP contribution is 2.56. The lowest BCUT2D eigenvalue weighted by atomic mass is 9.62. The van der Waals surface area contributed by atoms with Crippen LogP contribution in [0, 0.1) is 11.3 Å². The largest absolute Gasteiger partial charge is 0.343 e. The standard InChI is InChI=1S/C19H24N2O2/c1-14(22)20-11-9-19(10-12-20)17(16-5-3-2-4-6-16)21(18(19)23)13-15-7-8-15/h2-6,15,17H,7-13H2,1H3/t17-/m0/s1. The molecule has 0 N–H and O–H groups in total. The summed E-state index contributed by atoms with van der Waals surface area (Å²) in [5.41, 5.74) is 0.978. The summed E-state index contributed by atoms with van der Waals surface area (Å²) >= 11 is 0. The Labute approximate surface area is 137 Å². The molecule has 122 valence electrons. The van der Waals surface area contributed by atoms with E-state index >= 15 is 0 Å². The zero-order valence-electron chi connectivity index (χ0n) is 13.7. The molecule has 1 aliphatic carbocycles. The minimum absolute atomic E-state index is 0.123. The molecule has 0 bridgehead atoms. The maximum atomic E-state index is 13.0.